The van der Waals surface area contributed by atoms with Crippen LogP contribution in [0.5, 0.6) is 0 Å². The molecule has 0 aliphatic heterocycles. The average molecular weight is 277 g/mol. The third-order valence-electron chi connectivity index (χ3n) is 1.15. The zero-order chi connectivity index (χ0) is 9.30. The molecule has 0 N–H and O–H groups in total. The normalized spacial score (nSPS) is 10.8. The van der Waals surface area contributed by atoms with Crippen molar-refractivity contribution in [1.82, 2.24) is 4.98 Å². The molecule has 0 saturated carbocycles. The third-order valence-corrected chi connectivity index (χ3v) is 2.29. The highest BCUT2D eigenvalue weighted by Crippen LogP contribution is 2.33. The highest BCUT2D eigenvalue weighted by Gasteiger charge is 2.17. The van der Waals surface area contributed by atoms with Gasteiger partial charge in [-0.1, -0.05) is 39.1 Å². The van der Waals surface area contributed by atoms with Crippen LogP contribution >= 0.6 is 39.1 Å². The van der Waals surface area contributed by atoms with Crippen molar-refractivity contribution in [3.63, 3.8) is 0 Å². The first-order valence-corrected chi connectivity index (χ1v) is 4.37. The van der Waals surface area contributed by atoms with Crippen LogP contribution in [0.3, 0.4) is 0 Å². The van der Waals surface area contributed by atoms with E-state index in [9.17, 15) is 8.78 Å². The van der Waals surface area contributed by atoms with Crippen LogP contribution in [0.4, 0.5) is 8.78 Å². The van der Waals surface area contributed by atoms with Gasteiger partial charge < -0.3 is 0 Å². The maximum absolute atomic E-state index is 12.2. The number of hydrogen-bond acceptors (Lipinski definition) is 1. The van der Waals surface area contributed by atoms with E-state index >= 15 is 0 Å². The molecule has 0 atom stereocenters. The lowest BCUT2D eigenvalue weighted by molar-refractivity contribution is 0.150. The number of halogens is 5. The Morgan fingerprint density at radius 3 is 2.42 bits per heavy atom. The van der Waals surface area contributed by atoms with Crippen LogP contribution in [0, 0.1) is 0 Å². The van der Waals surface area contributed by atoms with Crippen LogP contribution in [-0.2, 0) is 0 Å². The Morgan fingerprint density at radius 1 is 1.42 bits per heavy atom. The van der Waals surface area contributed by atoms with Gasteiger partial charge in [0.1, 0.15) is 10.3 Å². The van der Waals surface area contributed by atoms with Crippen LogP contribution in [0.2, 0.25) is 10.3 Å². The topological polar surface area (TPSA) is 12.9 Å². The highest BCUT2D eigenvalue weighted by molar-refractivity contribution is 9.10. The number of alkyl halides is 2. The van der Waals surface area contributed by atoms with Gasteiger partial charge in [0.15, 0.2) is 0 Å². The van der Waals surface area contributed by atoms with Crippen molar-refractivity contribution in [2.24, 2.45) is 0 Å². The summed E-state index contributed by atoms with van der Waals surface area (Å²) in [5.41, 5.74) is -0.332. The lowest BCUT2D eigenvalue weighted by Crippen LogP contribution is -1.91. The highest BCUT2D eigenvalue weighted by atomic mass is 79.9. The fourth-order valence-corrected chi connectivity index (χ4v) is 2.00. The van der Waals surface area contributed by atoms with E-state index in [1.165, 1.54) is 6.07 Å². The minimum absolute atomic E-state index is 0.0799. The van der Waals surface area contributed by atoms with Gasteiger partial charge in [0.05, 0.1) is 5.56 Å². The number of nitrogens with zero attached hydrogens (tertiary/aromatic N) is 1. The first-order chi connectivity index (χ1) is 5.52. The molecule has 1 nitrogen and oxygen atoms in total. The second kappa shape index (κ2) is 3.85. The van der Waals surface area contributed by atoms with E-state index in [-0.39, 0.29) is 20.3 Å². The molecule has 0 saturated heterocycles. The van der Waals surface area contributed by atoms with Gasteiger partial charge in [0, 0.05) is 4.47 Å². The Bertz CT molecular complexity index is 283. The van der Waals surface area contributed by atoms with Gasteiger partial charge in [0.2, 0.25) is 0 Å². The summed E-state index contributed by atoms with van der Waals surface area (Å²) in [7, 11) is 0. The van der Waals surface area contributed by atoms with E-state index in [4.69, 9.17) is 23.2 Å². The van der Waals surface area contributed by atoms with Gasteiger partial charge in [-0.05, 0) is 6.07 Å². The molecule has 12 heavy (non-hydrogen) atoms. The van der Waals surface area contributed by atoms with Gasteiger partial charge in [-0.15, -0.1) is 0 Å². The fraction of sp³-hybridized carbons (Fsp3) is 0.167. The fourth-order valence-electron chi connectivity index (χ4n) is 0.661. The van der Waals surface area contributed by atoms with Crippen LogP contribution in [0.1, 0.15) is 12.0 Å². The summed E-state index contributed by atoms with van der Waals surface area (Å²) in [6.07, 6.45) is -2.66. The molecular formula is C6H2BrCl2F2N. The third kappa shape index (κ3) is 2.06. The monoisotopic (exact) mass is 275 g/mol. The molecule has 1 aromatic heterocycles. The molecule has 6 heteroatoms. The summed E-state index contributed by atoms with van der Waals surface area (Å²) < 4.78 is 24.6. The molecule has 0 fully saturated rings. The molecule has 1 heterocycles. The van der Waals surface area contributed by atoms with E-state index in [1.54, 1.807) is 0 Å². The van der Waals surface area contributed by atoms with Crippen molar-refractivity contribution in [1.29, 1.82) is 0 Å². The Morgan fingerprint density at radius 2 is 2.00 bits per heavy atom. The molecule has 0 amide bonds. The molecule has 0 radical (unpaired) electrons. The first kappa shape index (κ1) is 10.2. The average Bonchev–Trinajstić information content (AvgIpc) is 1.82. The summed E-state index contributed by atoms with van der Waals surface area (Å²) in [4.78, 5) is 3.48. The van der Waals surface area contributed by atoms with Gasteiger partial charge in [-0.2, -0.15) is 0 Å². The zero-order valence-corrected chi connectivity index (χ0v) is 8.59. The van der Waals surface area contributed by atoms with Crippen LogP contribution in [0.15, 0.2) is 10.5 Å². The van der Waals surface area contributed by atoms with Crippen molar-refractivity contribution >= 4 is 39.1 Å². The van der Waals surface area contributed by atoms with E-state index in [0.29, 0.717) is 0 Å². The van der Waals surface area contributed by atoms with Crippen molar-refractivity contribution in [2.45, 2.75) is 6.43 Å². The standard InChI is InChI=1S/C6H2BrCl2F2N/c7-2-1-3(8)12-5(9)4(2)6(10)11/h1,6H. The molecule has 1 rings (SSSR count). The predicted octanol–water partition coefficient (Wildman–Crippen LogP) is 4.09. The zero-order valence-electron chi connectivity index (χ0n) is 5.49. The summed E-state index contributed by atoms with van der Waals surface area (Å²) in [6, 6.07) is 1.27. The smallest absolute Gasteiger partial charge is 0.224 e. The summed E-state index contributed by atoms with van der Waals surface area (Å²) in [5.74, 6) is 0. The molecule has 0 aromatic carbocycles. The summed E-state index contributed by atoms with van der Waals surface area (Å²) in [5, 5.41) is -0.194. The summed E-state index contributed by atoms with van der Waals surface area (Å²) >= 11 is 13.8. The Balaban J connectivity index is 3.28. The predicted molar refractivity (Wildman–Crippen MR) is 46.9 cm³/mol. The van der Waals surface area contributed by atoms with Crippen molar-refractivity contribution in [2.75, 3.05) is 0 Å². The van der Waals surface area contributed by atoms with E-state index in [2.05, 4.69) is 20.9 Å². The van der Waals surface area contributed by atoms with Crippen molar-refractivity contribution < 1.29 is 8.78 Å². The van der Waals surface area contributed by atoms with E-state index in [1.807, 2.05) is 0 Å². The number of hydrogen-bond donors (Lipinski definition) is 0. The lowest BCUT2D eigenvalue weighted by Gasteiger charge is -2.04. The van der Waals surface area contributed by atoms with Gasteiger partial charge in [-0.3, -0.25) is 0 Å². The minimum Gasteiger partial charge on any atom is -0.224 e. The maximum atomic E-state index is 12.2. The van der Waals surface area contributed by atoms with Gasteiger partial charge in [0.25, 0.3) is 6.43 Å². The van der Waals surface area contributed by atoms with E-state index < -0.39 is 6.43 Å². The van der Waals surface area contributed by atoms with Crippen LogP contribution in [0.25, 0.3) is 0 Å². The Hall–Kier alpha value is 0.0700. The second-order valence-corrected chi connectivity index (χ2v) is 3.53. The van der Waals surface area contributed by atoms with Gasteiger partial charge in [-0.25, -0.2) is 13.8 Å². The number of pyridine rings is 1. The molecule has 0 aliphatic carbocycles. The number of rotatable bonds is 1. The van der Waals surface area contributed by atoms with E-state index in [0.717, 1.165) is 0 Å². The largest absolute Gasteiger partial charge is 0.267 e. The molecular weight excluding hydrogens is 275 g/mol. The van der Waals surface area contributed by atoms with Gasteiger partial charge >= 0.3 is 0 Å². The molecule has 0 spiro atoms. The maximum Gasteiger partial charge on any atom is 0.267 e. The Labute approximate surface area is 85.8 Å². The summed E-state index contributed by atoms with van der Waals surface area (Å²) in [6.45, 7) is 0. The molecule has 0 aliphatic rings. The molecule has 0 unspecified atom stereocenters. The lowest BCUT2D eigenvalue weighted by atomic mass is 10.3. The first-order valence-electron chi connectivity index (χ1n) is 2.82. The van der Waals surface area contributed by atoms with Crippen LogP contribution in [-0.4, -0.2) is 4.98 Å². The quantitative estimate of drug-likeness (QED) is 0.704. The Kier molecular flexibility index (Phi) is 3.26. The minimum atomic E-state index is -2.66. The molecule has 0 bridgehead atoms. The SMILES string of the molecule is FC(F)c1c(Br)cc(Cl)nc1Cl. The molecule has 66 valence electrons. The van der Waals surface area contributed by atoms with Crippen molar-refractivity contribution in [3.05, 3.63) is 26.4 Å². The number of aromatic nitrogens is 1. The van der Waals surface area contributed by atoms with Crippen LogP contribution < -0.4 is 0 Å². The molecule has 1 aromatic rings. The second-order valence-electron chi connectivity index (χ2n) is 1.93. The van der Waals surface area contributed by atoms with Crippen molar-refractivity contribution in [3.8, 4) is 0 Å².